The first kappa shape index (κ1) is 14.4. The normalized spacial score (nSPS) is 14.4. The van der Waals surface area contributed by atoms with Crippen LogP contribution in [0.4, 0.5) is 0 Å². The topological polar surface area (TPSA) is 70.4 Å². The van der Waals surface area contributed by atoms with Crippen LogP contribution in [0.3, 0.4) is 0 Å². The Balaban J connectivity index is 2.74. The fourth-order valence-electron chi connectivity index (χ4n) is 1.34. The first-order chi connectivity index (χ1) is 7.91. The molecule has 0 saturated carbocycles. The minimum absolute atomic E-state index is 0.0952. The lowest BCUT2D eigenvalue weighted by Crippen LogP contribution is -2.22. The minimum atomic E-state index is -1.06. The van der Waals surface area contributed by atoms with E-state index in [-0.39, 0.29) is 10.9 Å². The van der Waals surface area contributed by atoms with Crippen LogP contribution in [0.2, 0.25) is 5.15 Å². The van der Waals surface area contributed by atoms with E-state index in [2.05, 4.69) is 4.98 Å². The molecule has 0 saturated heterocycles. The Morgan fingerprint density at radius 2 is 2.24 bits per heavy atom. The second-order valence-electron chi connectivity index (χ2n) is 3.68. The third-order valence-electron chi connectivity index (χ3n) is 2.26. The van der Waals surface area contributed by atoms with Gasteiger partial charge in [0.1, 0.15) is 11.3 Å². The van der Waals surface area contributed by atoms with Crippen LogP contribution in [0.5, 0.6) is 0 Å². The van der Waals surface area contributed by atoms with Gasteiger partial charge in [-0.3, -0.25) is 4.79 Å². The molecule has 0 radical (unpaired) electrons. The average Bonchev–Trinajstić information content (AvgIpc) is 2.25. The van der Waals surface area contributed by atoms with E-state index in [1.165, 1.54) is 13.1 Å². The quantitative estimate of drug-likeness (QED) is 0.819. The zero-order valence-corrected chi connectivity index (χ0v) is 11.1. The lowest BCUT2D eigenvalue weighted by molar-refractivity contribution is -0.109. The molecule has 1 heterocycles. The van der Waals surface area contributed by atoms with Crippen LogP contribution in [0.25, 0.3) is 0 Å². The summed E-state index contributed by atoms with van der Waals surface area (Å²) in [5.41, 5.74) is 1.27. The number of aromatic nitrogens is 1. The van der Waals surface area contributed by atoms with Crippen LogP contribution in [0.1, 0.15) is 24.2 Å². The molecule has 0 amide bonds. The number of pyridine rings is 1. The Labute approximate surface area is 109 Å². The van der Waals surface area contributed by atoms with Crippen molar-refractivity contribution in [1.29, 1.82) is 0 Å². The number of aryl methyl sites for hydroxylation is 1. The van der Waals surface area contributed by atoms with Crippen LogP contribution < -0.4 is 0 Å². The van der Waals surface area contributed by atoms with Crippen molar-refractivity contribution >= 4 is 28.5 Å². The molecule has 2 atom stereocenters. The fraction of sp³-hybridized carbons (Fsp3) is 0.455. The number of carbonyl (C=O) groups excluding carboxylic acids is 1. The number of thioether (sulfide) groups is 1. The molecule has 0 spiro atoms. The van der Waals surface area contributed by atoms with Gasteiger partial charge in [-0.05, 0) is 18.6 Å². The summed E-state index contributed by atoms with van der Waals surface area (Å²) in [5.74, 6) is 0.151. The highest BCUT2D eigenvalue weighted by Crippen LogP contribution is 2.23. The number of hydrogen-bond acceptors (Lipinski definition) is 5. The third-order valence-corrected chi connectivity index (χ3v) is 3.38. The molecule has 0 aliphatic rings. The van der Waals surface area contributed by atoms with Gasteiger partial charge in [0, 0.05) is 24.4 Å². The molecule has 2 unspecified atom stereocenters. The molecule has 6 heteroatoms. The molecule has 1 rings (SSSR count). The molecule has 1 aromatic rings. The number of aliphatic hydroxyl groups excluding tert-OH is 2. The number of hydrogen-bond donors (Lipinski definition) is 2. The second-order valence-corrected chi connectivity index (χ2v) is 5.26. The molecule has 94 valence electrons. The molecule has 4 nitrogen and oxygen atoms in total. The number of nitrogens with zero attached hydrogens (tertiary/aromatic N) is 1. The molecular weight excluding hydrogens is 262 g/mol. The van der Waals surface area contributed by atoms with Crippen LogP contribution in [-0.2, 0) is 4.79 Å². The summed E-state index contributed by atoms with van der Waals surface area (Å²) in [4.78, 5) is 14.6. The van der Waals surface area contributed by atoms with Crippen LogP contribution >= 0.6 is 23.4 Å². The van der Waals surface area contributed by atoms with Crippen molar-refractivity contribution < 1.29 is 15.0 Å². The smallest absolute Gasteiger partial charge is 0.185 e. The fourth-order valence-corrected chi connectivity index (χ4v) is 2.14. The Morgan fingerprint density at radius 1 is 1.59 bits per heavy atom. The molecule has 0 bridgehead atoms. The molecular formula is C11H14ClNO3S. The minimum Gasteiger partial charge on any atom is -0.389 e. The highest BCUT2D eigenvalue weighted by molar-refractivity contribution is 8.13. The summed E-state index contributed by atoms with van der Waals surface area (Å²) >= 11 is 6.68. The Morgan fingerprint density at radius 3 is 2.76 bits per heavy atom. The van der Waals surface area contributed by atoms with E-state index in [1.54, 1.807) is 13.0 Å². The van der Waals surface area contributed by atoms with Gasteiger partial charge < -0.3 is 10.2 Å². The number of aliphatic hydroxyl groups is 2. The third kappa shape index (κ3) is 4.27. The SMILES string of the molecule is CC(=O)SCC(O)C(O)c1cnc(Cl)cc1C. The zero-order valence-electron chi connectivity index (χ0n) is 9.55. The molecule has 0 aliphatic carbocycles. The maximum Gasteiger partial charge on any atom is 0.185 e. The number of halogens is 1. The summed E-state index contributed by atoms with van der Waals surface area (Å²) in [5, 5.41) is 19.9. The van der Waals surface area contributed by atoms with Crippen LogP contribution in [-0.4, -0.2) is 32.2 Å². The molecule has 2 N–H and O–H groups in total. The summed E-state index contributed by atoms with van der Waals surface area (Å²) in [6.45, 7) is 3.19. The van der Waals surface area contributed by atoms with Gasteiger partial charge in [-0.2, -0.15) is 0 Å². The van der Waals surface area contributed by atoms with E-state index in [4.69, 9.17) is 11.6 Å². The van der Waals surface area contributed by atoms with Crippen molar-refractivity contribution in [2.45, 2.75) is 26.1 Å². The Kier molecular flexibility index (Phi) is 5.39. The molecule has 0 fully saturated rings. The monoisotopic (exact) mass is 275 g/mol. The summed E-state index contributed by atoms with van der Waals surface area (Å²) < 4.78 is 0. The maximum absolute atomic E-state index is 10.8. The first-order valence-electron chi connectivity index (χ1n) is 5.03. The largest absolute Gasteiger partial charge is 0.389 e. The molecule has 1 aromatic heterocycles. The van der Waals surface area contributed by atoms with E-state index < -0.39 is 12.2 Å². The summed E-state index contributed by atoms with van der Waals surface area (Å²) in [6.07, 6.45) is -0.638. The number of rotatable bonds is 4. The lowest BCUT2D eigenvalue weighted by Gasteiger charge is -2.18. The van der Waals surface area contributed by atoms with Crippen molar-refractivity contribution in [2.75, 3.05) is 5.75 Å². The van der Waals surface area contributed by atoms with E-state index in [1.807, 2.05) is 0 Å². The summed E-state index contributed by atoms with van der Waals surface area (Å²) in [7, 11) is 0. The van der Waals surface area contributed by atoms with Gasteiger partial charge in [-0.15, -0.1) is 0 Å². The predicted molar refractivity (Wildman–Crippen MR) is 68.1 cm³/mol. The van der Waals surface area contributed by atoms with Crippen LogP contribution in [0.15, 0.2) is 12.3 Å². The van der Waals surface area contributed by atoms with Gasteiger partial charge in [-0.1, -0.05) is 23.4 Å². The van der Waals surface area contributed by atoms with Gasteiger partial charge in [0.05, 0.1) is 6.10 Å². The van der Waals surface area contributed by atoms with Gasteiger partial charge in [-0.25, -0.2) is 4.98 Å². The van der Waals surface area contributed by atoms with E-state index in [9.17, 15) is 15.0 Å². The first-order valence-corrected chi connectivity index (χ1v) is 6.39. The average molecular weight is 276 g/mol. The van der Waals surface area contributed by atoms with Crippen molar-refractivity contribution in [2.24, 2.45) is 0 Å². The zero-order chi connectivity index (χ0) is 13.0. The standard InChI is InChI=1S/C11H14ClNO3S/c1-6-3-10(12)13-4-8(6)11(16)9(15)5-17-7(2)14/h3-4,9,11,15-16H,5H2,1-2H3. The Hall–Kier alpha value is -0.620. The van der Waals surface area contributed by atoms with Gasteiger partial charge in [0.15, 0.2) is 5.12 Å². The number of carbonyl (C=O) groups is 1. The van der Waals surface area contributed by atoms with E-state index in [0.717, 1.165) is 17.3 Å². The lowest BCUT2D eigenvalue weighted by atomic mass is 10.0. The highest BCUT2D eigenvalue weighted by Gasteiger charge is 2.21. The van der Waals surface area contributed by atoms with Gasteiger partial charge in [0.25, 0.3) is 0 Å². The molecule has 17 heavy (non-hydrogen) atoms. The van der Waals surface area contributed by atoms with E-state index >= 15 is 0 Å². The van der Waals surface area contributed by atoms with Crippen molar-refractivity contribution in [3.63, 3.8) is 0 Å². The summed E-state index contributed by atoms with van der Waals surface area (Å²) in [6, 6.07) is 1.62. The highest BCUT2D eigenvalue weighted by atomic mass is 35.5. The second kappa shape index (κ2) is 6.35. The van der Waals surface area contributed by atoms with Gasteiger partial charge in [0.2, 0.25) is 0 Å². The van der Waals surface area contributed by atoms with E-state index in [0.29, 0.717) is 10.7 Å². The van der Waals surface area contributed by atoms with Gasteiger partial charge >= 0.3 is 0 Å². The molecule has 0 aliphatic heterocycles. The predicted octanol–water partition coefficient (Wildman–Crippen LogP) is 1.72. The Bertz CT molecular complexity index is 414. The van der Waals surface area contributed by atoms with Crippen molar-refractivity contribution in [3.8, 4) is 0 Å². The van der Waals surface area contributed by atoms with Crippen LogP contribution in [0, 0.1) is 6.92 Å². The maximum atomic E-state index is 10.8. The van der Waals surface area contributed by atoms with Crippen molar-refractivity contribution in [3.05, 3.63) is 28.5 Å². The van der Waals surface area contributed by atoms with Crippen molar-refractivity contribution in [1.82, 2.24) is 4.98 Å². The molecule has 0 aromatic carbocycles.